The summed E-state index contributed by atoms with van der Waals surface area (Å²) >= 11 is 0. The predicted molar refractivity (Wildman–Crippen MR) is 113 cm³/mol. The van der Waals surface area contributed by atoms with Crippen molar-refractivity contribution in [2.24, 2.45) is 0 Å². The van der Waals surface area contributed by atoms with Gasteiger partial charge < -0.3 is 14.8 Å². The zero-order valence-electron chi connectivity index (χ0n) is 16.4. The Kier molecular flexibility index (Phi) is 5.70. The molecular weight excluding hydrogens is 380 g/mol. The molecule has 2 heterocycles. The Balaban J connectivity index is 1.43. The van der Waals surface area contributed by atoms with Crippen LogP contribution in [0.25, 0.3) is 5.82 Å². The van der Waals surface area contributed by atoms with Crippen LogP contribution in [0.1, 0.15) is 15.9 Å². The van der Waals surface area contributed by atoms with Crippen molar-refractivity contribution in [2.45, 2.75) is 6.61 Å². The van der Waals surface area contributed by atoms with Crippen molar-refractivity contribution in [3.63, 3.8) is 0 Å². The average Bonchev–Trinajstić information content (AvgIpc) is 3.34. The average molecular weight is 400 g/mol. The van der Waals surface area contributed by atoms with Gasteiger partial charge in [-0.15, -0.1) is 0 Å². The zero-order chi connectivity index (χ0) is 20.8. The van der Waals surface area contributed by atoms with E-state index in [1.807, 2.05) is 36.4 Å². The second kappa shape index (κ2) is 8.91. The molecule has 0 bridgehead atoms. The van der Waals surface area contributed by atoms with Gasteiger partial charge in [-0.2, -0.15) is 5.10 Å². The number of carbonyl (C=O) groups excluding carboxylic acids is 1. The van der Waals surface area contributed by atoms with E-state index >= 15 is 0 Å². The maximum atomic E-state index is 12.6. The minimum atomic E-state index is -0.267. The zero-order valence-corrected chi connectivity index (χ0v) is 16.4. The molecule has 0 spiro atoms. The lowest BCUT2D eigenvalue weighted by Gasteiger charge is -2.12. The monoisotopic (exact) mass is 400 g/mol. The van der Waals surface area contributed by atoms with Crippen LogP contribution in [-0.4, -0.2) is 27.8 Å². The topological polar surface area (TPSA) is 78.3 Å². The van der Waals surface area contributed by atoms with Gasteiger partial charge >= 0.3 is 0 Å². The number of aromatic nitrogens is 3. The Labute approximate surface area is 173 Å². The van der Waals surface area contributed by atoms with E-state index in [1.54, 1.807) is 60.7 Å². The van der Waals surface area contributed by atoms with E-state index in [1.165, 1.54) is 0 Å². The number of carbonyl (C=O) groups is 1. The summed E-state index contributed by atoms with van der Waals surface area (Å²) in [4.78, 5) is 16.9. The van der Waals surface area contributed by atoms with Gasteiger partial charge in [0, 0.05) is 18.0 Å². The molecule has 0 aliphatic carbocycles. The molecule has 4 aromatic rings. The van der Waals surface area contributed by atoms with Crippen molar-refractivity contribution in [1.82, 2.24) is 14.8 Å². The van der Waals surface area contributed by atoms with E-state index in [-0.39, 0.29) is 5.91 Å². The molecule has 0 saturated carbocycles. The highest BCUT2D eigenvalue weighted by atomic mass is 16.5. The first-order valence-electron chi connectivity index (χ1n) is 9.35. The standard InChI is InChI=1S/C23H20N4O3/c1-29-21-14-18(8-10-20(21)30-16-17-6-3-2-4-7-17)23(28)26-19-9-11-22(24-15-19)27-13-5-12-25-27/h2-15H,16H2,1H3,(H,26,28). The van der Waals surface area contributed by atoms with Crippen LogP contribution in [0.2, 0.25) is 0 Å². The van der Waals surface area contributed by atoms with Crippen molar-refractivity contribution < 1.29 is 14.3 Å². The lowest BCUT2D eigenvalue weighted by molar-refractivity contribution is 0.102. The molecule has 0 fully saturated rings. The van der Waals surface area contributed by atoms with Crippen molar-refractivity contribution in [2.75, 3.05) is 12.4 Å². The van der Waals surface area contributed by atoms with E-state index in [2.05, 4.69) is 15.4 Å². The smallest absolute Gasteiger partial charge is 0.255 e. The lowest BCUT2D eigenvalue weighted by atomic mass is 10.2. The molecule has 0 atom stereocenters. The number of nitrogens with zero attached hydrogens (tertiary/aromatic N) is 3. The summed E-state index contributed by atoms with van der Waals surface area (Å²) in [7, 11) is 1.55. The predicted octanol–water partition coefficient (Wildman–Crippen LogP) is 4.11. The number of hydrogen-bond acceptors (Lipinski definition) is 5. The first-order valence-corrected chi connectivity index (χ1v) is 9.35. The molecule has 0 aliphatic rings. The van der Waals surface area contributed by atoms with E-state index in [9.17, 15) is 4.79 Å². The lowest BCUT2D eigenvalue weighted by Crippen LogP contribution is -2.12. The van der Waals surface area contributed by atoms with Crippen molar-refractivity contribution in [3.05, 3.63) is 96.4 Å². The third-order valence-corrected chi connectivity index (χ3v) is 4.41. The van der Waals surface area contributed by atoms with Crippen LogP contribution in [0.5, 0.6) is 11.5 Å². The fourth-order valence-electron chi connectivity index (χ4n) is 2.87. The van der Waals surface area contributed by atoms with Crippen LogP contribution in [-0.2, 0) is 6.61 Å². The molecule has 1 N–H and O–H groups in total. The second-order valence-electron chi connectivity index (χ2n) is 6.45. The van der Waals surface area contributed by atoms with Gasteiger partial charge in [-0.3, -0.25) is 4.79 Å². The summed E-state index contributed by atoms with van der Waals surface area (Å²) in [5.74, 6) is 1.46. The van der Waals surface area contributed by atoms with E-state index in [0.717, 1.165) is 5.56 Å². The molecule has 2 aromatic heterocycles. The first-order chi connectivity index (χ1) is 14.7. The van der Waals surface area contributed by atoms with E-state index in [4.69, 9.17) is 9.47 Å². The van der Waals surface area contributed by atoms with Crippen LogP contribution < -0.4 is 14.8 Å². The van der Waals surface area contributed by atoms with Crippen LogP contribution >= 0.6 is 0 Å². The minimum Gasteiger partial charge on any atom is -0.493 e. The molecule has 150 valence electrons. The molecule has 7 heteroatoms. The van der Waals surface area contributed by atoms with Crippen molar-refractivity contribution in [1.29, 1.82) is 0 Å². The Hall–Kier alpha value is -4.13. The van der Waals surface area contributed by atoms with E-state index < -0.39 is 0 Å². The summed E-state index contributed by atoms with van der Waals surface area (Å²) in [6.07, 6.45) is 5.07. The van der Waals surface area contributed by atoms with Crippen LogP contribution in [0.3, 0.4) is 0 Å². The number of methoxy groups -OCH3 is 1. The normalized spacial score (nSPS) is 10.4. The van der Waals surface area contributed by atoms with Gasteiger partial charge in [0.05, 0.1) is 19.0 Å². The third kappa shape index (κ3) is 4.47. The Morgan fingerprint density at radius 1 is 1.03 bits per heavy atom. The molecule has 1 amide bonds. The molecule has 0 unspecified atom stereocenters. The highest BCUT2D eigenvalue weighted by molar-refractivity contribution is 6.04. The molecule has 30 heavy (non-hydrogen) atoms. The molecule has 7 nitrogen and oxygen atoms in total. The van der Waals surface area contributed by atoms with Gasteiger partial charge in [0.1, 0.15) is 6.61 Å². The Morgan fingerprint density at radius 3 is 2.60 bits per heavy atom. The summed E-state index contributed by atoms with van der Waals surface area (Å²) in [5, 5.41) is 6.96. The van der Waals surface area contributed by atoms with Gasteiger partial charge in [-0.1, -0.05) is 30.3 Å². The maximum absolute atomic E-state index is 12.6. The molecular formula is C23H20N4O3. The van der Waals surface area contributed by atoms with Crippen molar-refractivity contribution >= 4 is 11.6 Å². The second-order valence-corrected chi connectivity index (χ2v) is 6.45. The molecule has 4 rings (SSSR count). The Morgan fingerprint density at radius 2 is 1.90 bits per heavy atom. The van der Waals surface area contributed by atoms with Crippen molar-refractivity contribution in [3.8, 4) is 17.3 Å². The van der Waals surface area contributed by atoms with Gasteiger partial charge in [-0.25, -0.2) is 9.67 Å². The number of rotatable bonds is 7. The molecule has 0 aliphatic heterocycles. The van der Waals surface area contributed by atoms with Gasteiger partial charge in [0.2, 0.25) is 0 Å². The number of ether oxygens (including phenoxy) is 2. The quantitative estimate of drug-likeness (QED) is 0.505. The fraction of sp³-hybridized carbons (Fsp3) is 0.0870. The first kappa shape index (κ1) is 19.2. The molecule has 2 aromatic carbocycles. The minimum absolute atomic E-state index is 0.267. The maximum Gasteiger partial charge on any atom is 0.255 e. The van der Waals surface area contributed by atoms with Gasteiger partial charge in [-0.05, 0) is 42.0 Å². The van der Waals surface area contributed by atoms with Gasteiger partial charge in [0.15, 0.2) is 17.3 Å². The number of pyridine rings is 1. The van der Waals surface area contributed by atoms with Crippen LogP contribution in [0.4, 0.5) is 5.69 Å². The summed E-state index contributed by atoms with van der Waals surface area (Å²) in [6.45, 7) is 0.414. The number of benzene rings is 2. The highest BCUT2D eigenvalue weighted by Crippen LogP contribution is 2.29. The number of anilines is 1. The molecule has 0 saturated heterocycles. The van der Waals surface area contributed by atoms with Crippen LogP contribution in [0, 0.1) is 0 Å². The summed E-state index contributed by atoms with van der Waals surface area (Å²) in [5.41, 5.74) is 2.08. The summed E-state index contributed by atoms with van der Waals surface area (Å²) < 4.78 is 12.9. The Bertz CT molecular complexity index is 1110. The number of nitrogens with one attached hydrogen (secondary N) is 1. The fourth-order valence-corrected chi connectivity index (χ4v) is 2.87. The molecule has 0 radical (unpaired) electrons. The van der Waals surface area contributed by atoms with E-state index in [0.29, 0.717) is 35.2 Å². The largest absolute Gasteiger partial charge is 0.493 e. The van der Waals surface area contributed by atoms with Gasteiger partial charge in [0.25, 0.3) is 5.91 Å². The third-order valence-electron chi connectivity index (χ3n) is 4.41. The highest BCUT2D eigenvalue weighted by Gasteiger charge is 2.12. The number of hydrogen-bond donors (Lipinski definition) is 1. The summed E-state index contributed by atoms with van der Waals surface area (Å²) in [6, 6.07) is 20.3. The van der Waals surface area contributed by atoms with Crippen LogP contribution in [0.15, 0.2) is 85.3 Å². The number of amides is 1. The SMILES string of the molecule is COc1cc(C(=O)Nc2ccc(-n3cccn3)nc2)ccc1OCc1ccccc1.